The van der Waals surface area contributed by atoms with Gasteiger partial charge in [-0.05, 0) is 11.8 Å². The molecule has 88 valence electrons. The summed E-state index contributed by atoms with van der Waals surface area (Å²) in [5.41, 5.74) is 0. The maximum atomic E-state index is 9.83. The second kappa shape index (κ2) is 17.1. The van der Waals surface area contributed by atoms with Gasteiger partial charge < -0.3 is 10.2 Å². The monoisotopic (exact) mass is 226 g/mol. The Morgan fingerprint density at radius 3 is 1.07 bits per heavy atom. The minimum atomic E-state index is 0. The Morgan fingerprint density at radius 1 is 0.733 bits per heavy atom. The van der Waals surface area contributed by atoms with E-state index in [1.807, 2.05) is 0 Å². The Hall–Kier alpha value is 0.686. The predicted octanol–water partition coefficient (Wildman–Crippen LogP) is 1.19. The fourth-order valence-electron chi connectivity index (χ4n) is 0.983. The van der Waals surface area contributed by atoms with E-state index in [0.29, 0.717) is 11.8 Å². The quantitative estimate of drug-likeness (QED) is 0.639. The first-order chi connectivity index (χ1) is 6.54. The van der Waals surface area contributed by atoms with Gasteiger partial charge in [-0.25, -0.2) is 0 Å². The van der Waals surface area contributed by atoms with E-state index in [1.165, 1.54) is 0 Å². The van der Waals surface area contributed by atoms with Gasteiger partial charge in [0.1, 0.15) is 0 Å². The topological polar surface area (TPSA) is 46.1 Å². The second-order valence-corrected chi connectivity index (χ2v) is 4.48. The van der Waals surface area contributed by atoms with Crippen LogP contribution in [0.15, 0.2) is 0 Å². The molecule has 0 aromatic rings. The summed E-state index contributed by atoms with van der Waals surface area (Å²) < 4.78 is 0. The van der Waals surface area contributed by atoms with E-state index in [1.54, 1.807) is 0 Å². The second-order valence-electron chi connectivity index (χ2n) is 4.48. The summed E-state index contributed by atoms with van der Waals surface area (Å²) >= 11 is 0. The van der Waals surface area contributed by atoms with E-state index < -0.39 is 0 Å². The summed E-state index contributed by atoms with van der Waals surface area (Å²) in [5, 5.41) is 19.7. The van der Waals surface area contributed by atoms with Gasteiger partial charge in [0.25, 0.3) is 0 Å². The van der Waals surface area contributed by atoms with Crippen molar-refractivity contribution in [1.82, 2.24) is 0 Å². The van der Waals surface area contributed by atoms with Crippen LogP contribution >= 0.6 is 0 Å². The number of hydrogen-bond donors (Lipinski definition) is 0. The molecule has 0 saturated heterocycles. The van der Waals surface area contributed by atoms with Gasteiger partial charge in [0.15, 0.2) is 0 Å². The van der Waals surface area contributed by atoms with Crippen LogP contribution in [0.5, 0.6) is 0 Å². The molecule has 0 fully saturated rings. The zero-order valence-electron chi connectivity index (χ0n) is 10.9. The van der Waals surface area contributed by atoms with Crippen LogP contribution in [0.3, 0.4) is 0 Å². The van der Waals surface area contributed by atoms with E-state index in [9.17, 15) is 10.2 Å². The van der Waals surface area contributed by atoms with Gasteiger partial charge in [0.05, 0.1) is 0 Å². The molecule has 0 amide bonds. The predicted molar refractivity (Wildman–Crippen MR) is 63.6 cm³/mol. The molecule has 3 heteroatoms. The molecule has 0 rings (SSSR count). The zero-order valence-corrected chi connectivity index (χ0v) is 12.3. The van der Waals surface area contributed by atoms with Crippen LogP contribution in [-0.4, -0.2) is 36.3 Å². The Labute approximate surface area is 112 Å². The van der Waals surface area contributed by atoms with Crippen LogP contribution < -0.4 is 10.2 Å². The average molecular weight is 227 g/mol. The fraction of sp³-hybridized carbons (Fsp3) is 1.00. The van der Waals surface area contributed by atoms with E-state index in [-0.39, 0.29) is 36.3 Å². The first kappa shape index (κ1) is 21.0. The third-order valence-electron chi connectivity index (χ3n) is 1.85. The van der Waals surface area contributed by atoms with Crippen LogP contribution in [0.25, 0.3) is 0 Å². The van der Waals surface area contributed by atoms with Crippen molar-refractivity contribution in [3.8, 4) is 0 Å². The summed E-state index contributed by atoms with van der Waals surface area (Å²) in [4.78, 5) is 0. The van der Waals surface area contributed by atoms with Crippen molar-refractivity contribution in [2.24, 2.45) is 11.8 Å². The van der Waals surface area contributed by atoms with Gasteiger partial charge >= 0.3 is 23.1 Å². The third-order valence-corrected chi connectivity index (χ3v) is 1.85. The minimum Gasteiger partial charge on any atom is -0.854 e. The van der Waals surface area contributed by atoms with E-state index in [2.05, 4.69) is 27.7 Å². The molecule has 2 nitrogen and oxygen atoms in total. The molecule has 0 aliphatic rings. The smallest absolute Gasteiger partial charge is 0.854 e. The van der Waals surface area contributed by atoms with Gasteiger partial charge in [0.2, 0.25) is 0 Å². The Bertz CT molecular complexity index is 83.6. The summed E-state index contributed by atoms with van der Waals surface area (Å²) in [6.45, 7) is 8.73. The van der Waals surface area contributed by atoms with E-state index in [0.717, 1.165) is 25.7 Å². The average Bonchev–Trinajstić information content (AvgIpc) is 2.12. The van der Waals surface area contributed by atoms with Crippen molar-refractivity contribution < 1.29 is 10.2 Å². The van der Waals surface area contributed by atoms with E-state index >= 15 is 0 Å². The zero-order chi connectivity index (χ0) is 11.4. The van der Waals surface area contributed by atoms with Crippen molar-refractivity contribution in [3.05, 3.63) is 0 Å². The van der Waals surface area contributed by atoms with E-state index in [4.69, 9.17) is 0 Å². The molecule has 0 radical (unpaired) electrons. The van der Waals surface area contributed by atoms with Crippen LogP contribution in [0.1, 0.15) is 53.4 Å². The maximum Gasteiger partial charge on any atom is 2.00 e. The fourth-order valence-corrected chi connectivity index (χ4v) is 0.983. The molecule has 0 unspecified atom stereocenters. The maximum absolute atomic E-state index is 9.83. The van der Waals surface area contributed by atoms with Crippen LogP contribution in [0.2, 0.25) is 0 Å². The molecule has 0 saturated carbocycles. The normalized spacial score (nSPS) is 9.60. The van der Waals surface area contributed by atoms with Gasteiger partial charge in [-0.1, -0.05) is 53.4 Å². The van der Waals surface area contributed by atoms with Crippen molar-refractivity contribution in [3.63, 3.8) is 0 Å². The van der Waals surface area contributed by atoms with Gasteiger partial charge in [-0.15, -0.1) is 13.2 Å². The Kier molecular flexibility index (Phi) is 24.0. The van der Waals surface area contributed by atoms with Crippen molar-refractivity contribution in [1.29, 1.82) is 0 Å². The number of hydrogen-bond acceptors (Lipinski definition) is 2. The standard InChI is InChI=1S/2C6H13O.Mg/c2*1-6(2)4-3-5-7;/h2*6H,3-5H2,1-2H3;/q2*-1;+2. The minimum absolute atomic E-state index is 0. The summed E-state index contributed by atoms with van der Waals surface area (Å²) in [7, 11) is 0. The van der Waals surface area contributed by atoms with Crippen LogP contribution in [-0.2, 0) is 0 Å². The van der Waals surface area contributed by atoms with Gasteiger partial charge in [-0.3, -0.25) is 0 Å². The third kappa shape index (κ3) is 31.3. The summed E-state index contributed by atoms with van der Waals surface area (Å²) in [5.74, 6) is 1.41. The molecule has 0 aromatic carbocycles. The number of rotatable bonds is 6. The van der Waals surface area contributed by atoms with Crippen molar-refractivity contribution in [2.45, 2.75) is 53.4 Å². The molecule has 0 N–H and O–H groups in total. The molecule has 0 heterocycles. The molecule has 15 heavy (non-hydrogen) atoms. The summed E-state index contributed by atoms with van der Waals surface area (Å²) in [6, 6.07) is 0. The molecule has 0 spiro atoms. The Balaban J connectivity index is -0.000000180. The Morgan fingerprint density at radius 2 is 1.00 bits per heavy atom. The molecular formula is C12H26MgO2. The summed E-state index contributed by atoms with van der Waals surface area (Å²) in [6.07, 6.45) is 3.86. The van der Waals surface area contributed by atoms with Crippen LogP contribution in [0.4, 0.5) is 0 Å². The largest absolute Gasteiger partial charge is 2.00 e. The molecule has 0 aliphatic carbocycles. The molecular weight excluding hydrogens is 200 g/mol. The van der Waals surface area contributed by atoms with Gasteiger partial charge in [0, 0.05) is 0 Å². The molecule has 0 bridgehead atoms. The van der Waals surface area contributed by atoms with Crippen LogP contribution in [0, 0.1) is 11.8 Å². The van der Waals surface area contributed by atoms with Crippen molar-refractivity contribution in [2.75, 3.05) is 13.2 Å². The molecule has 0 aromatic heterocycles. The molecule has 0 atom stereocenters. The van der Waals surface area contributed by atoms with Gasteiger partial charge in [-0.2, -0.15) is 0 Å². The first-order valence-corrected chi connectivity index (χ1v) is 5.70. The first-order valence-electron chi connectivity index (χ1n) is 5.70. The SMILES string of the molecule is CC(C)CCC[O-].CC(C)CCC[O-].[Mg+2]. The van der Waals surface area contributed by atoms with Crippen molar-refractivity contribution >= 4 is 23.1 Å². The molecule has 0 aliphatic heterocycles.